The van der Waals surface area contributed by atoms with Crippen molar-refractivity contribution in [2.24, 2.45) is 5.41 Å². The average Bonchev–Trinajstić information content (AvgIpc) is 2.55. The van der Waals surface area contributed by atoms with Crippen molar-refractivity contribution in [1.82, 2.24) is 0 Å². The first-order valence-electron chi connectivity index (χ1n) is 7.89. The van der Waals surface area contributed by atoms with Crippen LogP contribution in [0.1, 0.15) is 20.8 Å². The molecule has 0 spiro atoms. The van der Waals surface area contributed by atoms with Gasteiger partial charge in [-0.05, 0) is 21.4 Å². The SMILES string of the molecule is CC(C)(C)/C(C=O)=C/CO[SiH](c1ccccc1)c1ccccc1. The number of benzene rings is 2. The van der Waals surface area contributed by atoms with Crippen molar-refractivity contribution in [3.8, 4) is 0 Å². The Bertz CT molecular complexity index is 603. The second kappa shape index (κ2) is 8.04. The molecule has 0 aromatic heterocycles. The number of aldehydes is 1. The van der Waals surface area contributed by atoms with Gasteiger partial charge in [-0.3, -0.25) is 4.79 Å². The minimum absolute atomic E-state index is 0.151. The topological polar surface area (TPSA) is 26.3 Å². The van der Waals surface area contributed by atoms with E-state index in [2.05, 4.69) is 24.3 Å². The maximum Gasteiger partial charge on any atom is 0.240 e. The Balaban J connectivity index is 2.20. The molecule has 0 saturated carbocycles. The fourth-order valence-electron chi connectivity index (χ4n) is 2.41. The van der Waals surface area contributed by atoms with Crippen LogP contribution >= 0.6 is 0 Å². The van der Waals surface area contributed by atoms with Crippen molar-refractivity contribution in [2.75, 3.05) is 6.61 Å². The van der Waals surface area contributed by atoms with Gasteiger partial charge in [0.15, 0.2) is 0 Å². The first kappa shape index (κ1) is 17.4. The molecule has 0 aliphatic carbocycles. The molecule has 3 heteroatoms. The van der Waals surface area contributed by atoms with Crippen LogP contribution in [0.3, 0.4) is 0 Å². The number of hydrogen-bond acceptors (Lipinski definition) is 2. The molecule has 0 unspecified atom stereocenters. The molecule has 23 heavy (non-hydrogen) atoms. The maximum atomic E-state index is 11.3. The Morgan fingerprint density at radius 3 is 1.83 bits per heavy atom. The molecule has 2 aromatic carbocycles. The van der Waals surface area contributed by atoms with Crippen molar-refractivity contribution >= 4 is 25.7 Å². The highest BCUT2D eigenvalue weighted by atomic mass is 28.3. The maximum absolute atomic E-state index is 11.3. The molecule has 0 saturated heterocycles. The number of allylic oxidation sites excluding steroid dienone is 1. The summed E-state index contributed by atoms with van der Waals surface area (Å²) in [5.41, 5.74) is 0.633. The Kier molecular flexibility index (Phi) is 6.08. The monoisotopic (exact) mass is 324 g/mol. The molecule has 0 fully saturated rings. The summed E-state index contributed by atoms with van der Waals surface area (Å²) >= 11 is 0. The van der Waals surface area contributed by atoms with E-state index in [1.807, 2.05) is 63.2 Å². The Hall–Kier alpha value is -1.97. The Labute approximate surface area is 140 Å². The van der Waals surface area contributed by atoms with Crippen molar-refractivity contribution in [3.63, 3.8) is 0 Å². The van der Waals surface area contributed by atoms with Crippen LogP contribution in [0.15, 0.2) is 72.3 Å². The van der Waals surface area contributed by atoms with Crippen molar-refractivity contribution in [3.05, 3.63) is 72.3 Å². The molecule has 0 bridgehead atoms. The first-order chi connectivity index (χ1) is 11.0. The summed E-state index contributed by atoms with van der Waals surface area (Å²) < 4.78 is 6.25. The number of rotatable bonds is 6. The lowest BCUT2D eigenvalue weighted by Crippen LogP contribution is -2.45. The average molecular weight is 324 g/mol. The number of carbonyl (C=O) groups excluding carboxylic acids is 1. The van der Waals surface area contributed by atoms with Crippen LogP contribution in [0.2, 0.25) is 0 Å². The number of carbonyl (C=O) groups is 1. The van der Waals surface area contributed by atoms with E-state index in [0.29, 0.717) is 6.61 Å². The van der Waals surface area contributed by atoms with E-state index in [0.717, 1.165) is 11.9 Å². The molecule has 2 aromatic rings. The largest absolute Gasteiger partial charge is 0.407 e. The van der Waals surface area contributed by atoms with E-state index in [1.165, 1.54) is 10.4 Å². The van der Waals surface area contributed by atoms with Crippen molar-refractivity contribution < 1.29 is 9.22 Å². The second-order valence-corrected chi connectivity index (χ2v) is 8.99. The molecule has 0 aliphatic rings. The summed E-state index contributed by atoms with van der Waals surface area (Å²) in [7, 11) is -1.73. The lowest BCUT2D eigenvalue weighted by molar-refractivity contribution is -0.105. The lowest BCUT2D eigenvalue weighted by Gasteiger charge is -2.20. The third kappa shape index (κ3) is 5.01. The summed E-state index contributed by atoms with van der Waals surface area (Å²) in [5, 5.41) is 2.49. The fourth-order valence-corrected chi connectivity index (χ4v) is 4.61. The molecule has 120 valence electrons. The van der Waals surface area contributed by atoms with E-state index in [1.54, 1.807) is 0 Å². The molecular formula is C20H24O2Si. The summed E-state index contributed by atoms with van der Waals surface area (Å²) in [6, 6.07) is 20.7. The normalized spacial score (nSPS) is 12.4. The molecule has 2 rings (SSSR count). The summed E-state index contributed by atoms with van der Waals surface area (Å²) in [6.45, 7) is 6.58. The van der Waals surface area contributed by atoms with Crippen LogP contribution in [-0.2, 0) is 9.22 Å². The van der Waals surface area contributed by atoms with Gasteiger partial charge >= 0.3 is 0 Å². The van der Waals surface area contributed by atoms with E-state index < -0.39 is 9.04 Å². The standard InChI is InChI=1S/C20H24O2Si/c1-20(2,3)17(16-21)14-15-22-23(18-10-6-4-7-11-18)19-12-8-5-9-13-19/h4-14,16,23H,15H2,1-3H3/b17-14+. The zero-order valence-corrected chi connectivity index (χ0v) is 15.2. The van der Waals surface area contributed by atoms with Crippen LogP contribution < -0.4 is 10.4 Å². The molecule has 0 heterocycles. The smallest absolute Gasteiger partial charge is 0.240 e. The highest BCUT2D eigenvalue weighted by Crippen LogP contribution is 2.22. The van der Waals surface area contributed by atoms with Crippen LogP contribution in [0.5, 0.6) is 0 Å². The summed E-state index contributed by atoms with van der Waals surface area (Å²) in [5.74, 6) is 0. The van der Waals surface area contributed by atoms with Gasteiger partial charge in [0.05, 0.1) is 6.61 Å². The van der Waals surface area contributed by atoms with Gasteiger partial charge in [-0.1, -0.05) is 87.5 Å². The van der Waals surface area contributed by atoms with E-state index >= 15 is 0 Å². The minimum atomic E-state index is -1.73. The van der Waals surface area contributed by atoms with Gasteiger partial charge < -0.3 is 4.43 Å². The van der Waals surface area contributed by atoms with Crippen LogP contribution in [0, 0.1) is 5.41 Å². The highest BCUT2D eigenvalue weighted by Gasteiger charge is 2.19. The molecule has 0 atom stereocenters. The van der Waals surface area contributed by atoms with Gasteiger partial charge in [0, 0.05) is 0 Å². The Morgan fingerprint density at radius 1 is 0.957 bits per heavy atom. The predicted octanol–water partition coefficient (Wildman–Crippen LogP) is 2.71. The van der Waals surface area contributed by atoms with Crippen LogP contribution in [0.25, 0.3) is 0 Å². The van der Waals surface area contributed by atoms with Gasteiger partial charge in [-0.15, -0.1) is 0 Å². The molecule has 0 N–H and O–H groups in total. The minimum Gasteiger partial charge on any atom is -0.407 e. The third-order valence-corrected chi connectivity index (χ3v) is 6.27. The Morgan fingerprint density at radius 2 is 1.43 bits per heavy atom. The molecule has 0 aliphatic heterocycles. The van der Waals surface area contributed by atoms with Crippen molar-refractivity contribution in [2.45, 2.75) is 20.8 Å². The zero-order chi connectivity index (χ0) is 16.7. The first-order valence-corrected chi connectivity index (χ1v) is 9.52. The quantitative estimate of drug-likeness (QED) is 0.464. The lowest BCUT2D eigenvalue weighted by atomic mass is 9.87. The summed E-state index contributed by atoms with van der Waals surface area (Å²) in [6.07, 6.45) is 2.85. The zero-order valence-electron chi connectivity index (χ0n) is 14.0. The van der Waals surface area contributed by atoms with Crippen LogP contribution in [0.4, 0.5) is 0 Å². The third-order valence-electron chi connectivity index (χ3n) is 3.76. The van der Waals surface area contributed by atoms with Gasteiger partial charge in [-0.2, -0.15) is 0 Å². The molecule has 0 radical (unpaired) electrons. The molecule has 0 amide bonds. The summed E-state index contributed by atoms with van der Waals surface area (Å²) in [4.78, 5) is 11.3. The van der Waals surface area contributed by atoms with Gasteiger partial charge in [0.1, 0.15) is 6.29 Å². The van der Waals surface area contributed by atoms with E-state index in [-0.39, 0.29) is 5.41 Å². The van der Waals surface area contributed by atoms with E-state index in [4.69, 9.17) is 4.43 Å². The predicted molar refractivity (Wildman–Crippen MR) is 98.9 cm³/mol. The van der Waals surface area contributed by atoms with Crippen LogP contribution in [-0.4, -0.2) is 21.9 Å². The van der Waals surface area contributed by atoms with Crippen molar-refractivity contribution in [1.29, 1.82) is 0 Å². The molecular weight excluding hydrogens is 300 g/mol. The molecule has 2 nitrogen and oxygen atoms in total. The fraction of sp³-hybridized carbons (Fsp3) is 0.250. The second-order valence-electron chi connectivity index (χ2n) is 6.56. The van der Waals surface area contributed by atoms with E-state index in [9.17, 15) is 4.79 Å². The van der Waals surface area contributed by atoms with Gasteiger partial charge in [0.2, 0.25) is 9.04 Å². The van der Waals surface area contributed by atoms with Gasteiger partial charge in [-0.25, -0.2) is 0 Å². The number of hydrogen-bond donors (Lipinski definition) is 0. The highest BCUT2D eigenvalue weighted by molar-refractivity contribution is 6.80. The van der Waals surface area contributed by atoms with Gasteiger partial charge in [0.25, 0.3) is 0 Å².